The fourth-order valence-electron chi connectivity index (χ4n) is 5.61. The zero-order valence-electron chi connectivity index (χ0n) is 24.3. The van der Waals surface area contributed by atoms with Gasteiger partial charge in [0.05, 0.1) is 22.7 Å². The number of fused-ring (bicyclic) bond motifs is 1. The molecule has 0 spiro atoms. The molecule has 3 heterocycles. The van der Waals surface area contributed by atoms with Gasteiger partial charge in [-0.2, -0.15) is 11.3 Å². The molecule has 0 bridgehead atoms. The van der Waals surface area contributed by atoms with Crippen LogP contribution in [0, 0.1) is 19.3 Å². The van der Waals surface area contributed by atoms with Crippen LogP contribution in [-0.4, -0.2) is 32.6 Å². The minimum Gasteiger partial charge on any atom is -0.233 e. The first kappa shape index (κ1) is 29.6. The zero-order chi connectivity index (χ0) is 32.2. The molecule has 7 aromatic rings. The van der Waals surface area contributed by atoms with Crippen molar-refractivity contribution in [2.75, 3.05) is 0 Å². The molecule has 0 aliphatic carbocycles. The van der Waals surface area contributed by atoms with E-state index >= 15 is 0 Å². The molecule has 46 heavy (non-hydrogen) atoms. The minimum absolute atomic E-state index is 0.0795. The molecule has 0 aliphatic heterocycles. The molecule has 4 aromatic carbocycles. The van der Waals surface area contributed by atoms with E-state index in [1.54, 1.807) is 59.6 Å². The lowest BCUT2D eigenvalue weighted by atomic mass is 9.96. The van der Waals surface area contributed by atoms with E-state index in [1.165, 1.54) is 33.5 Å². The van der Waals surface area contributed by atoms with Gasteiger partial charge in [-0.05, 0) is 70.8 Å². The lowest BCUT2D eigenvalue weighted by Crippen LogP contribution is -2.14. The second-order valence-corrected chi connectivity index (χ2v) is 13.7. The number of aromatic nitrogens is 5. The number of halogens is 2. The Morgan fingerprint density at radius 2 is 1.70 bits per heavy atom. The largest absolute Gasteiger partial charge is 0.268 e. The molecular weight excluding hydrogens is 643 g/mol. The van der Waals surface area contributed by atoms with Crippen molar-refractivity contribution < 1.29 is 12.8 Å². The van der Waals surface area contributed by atoms with E-state index in [1.807, 2.05) is 37.3 Å². The molecule has 226 valence electrons. The smallest absolute Gasteiger partial charge is 0.233 e. The second kappa shape index (κ2) is 11.3. The first-order valence-corrected chi connectivity index (χ1v) is 16.6. The third kappa shape index (κ3) is 4.87. The highest BCUT2D eigenvalue weighted by Gasteiger charge is 2.30. The molecule has 12 heteroatoms. The molecule has 0 radical (unpaired) electrons. The summed E-state index contributed by atoms with van der Waals surface area (Å²) in [4.78, 5) is 3.78. The normalized spacial score (nSPS) is 11.6. The van der Waals surface area contributed by atoms with Crippen molar-refractivity contribution in [2.45, 2.75) is 11.8 Å². The predicted octanol–water partition coefficient (Wildman–Crippen LogP) is 8.78. The number of hydrogen-bond donors (Lipinski definition) is 0. The number of benzene rings is 4. The van der Waals surface area contributed by atoms with Gasteiger partial charge in [0.1, 0.15) is 5.82 Å². The number of thiophene rings is 1. The molecule has 0 fully saturated rings. The number of aryl methyl sites for hydroxylation is 2. The van der Waals surface area contributed by atoms with E-state index in [9.17, 15) is 12.8 Å². The van der Waals surface area contributed by atoms with E-state index in [0.29, 0.717) is 54.7 Å². The number of rotatable bonds is 6. The average molecular weight is 665 g/mol. The molecule has 0 saturated heterocycles. The van der Waals surface area contributed by atoms with E-state index in [4.69, 9.17) is 18.2 Å². The van der Waals surface area contributed by atoms with Crippen molar-refractivity contribution in [1.82, 2.24) is 24.2 Å². The minimum atomic E-state index is -4.21. The molecule has 0 unspecified atom stereocenters. The van der Waals surface area contributed by atoms with Crippen molar-refractivity contribution in [2.24, 2.45) is 7.05 Å². The molecule has 8 nitrogen and oxygen atoms in total. The Morgan fingerprint density at radius 3 is 2.41 bits per heavy atom. The summed E-state index contributed by atoms with van der Waals surface area (Å²) in [6, 6.07) is 25.2. The van der Waals surface area contributed by atoms with Gasteiger partial charge in [0.15, 0.2) is 5.82 Å². The summed E-state index contributed by atoms with van der Waals surface area (Å²) < 4.78 is 46.8. The summed E-state index contributed by atoms with van der Waals surface area (Å²) in [7, 11) is -2.47. The van der Waals surface area contributed by atoms with Crippen molar-refractivity contribution in [3.63, 3.8) is 0 Å². The van der Waals surface area contributed by atoms with Crippen molar-refractivity contribution in [1.29, 1.82) is 0 Å². The first-order chi connectivity index (χ1) is 22.2. The standard InChI is InChI=1S/C34H22ClFN6O2S2/c1-20-7-11-25(12-8-20)46(43,44)42-30-14-10-24(36)19-28(30)31(27-15-16-45-34(27)37-2)32(42)22-6-4-5-21(17-22)26-13-9-23(18-29(26)35)33-38-39-40-41(33)3/h4-19H,1,3H3. The van der Waals surface area contributed by atoms with Crippen LogP contribution in [0.15, 0.2) is 101 Å². The number of nitrogens with zero attached hydrogens (tertiary/aromatic N) is 6. The summed E-state index contributed by atoms with van der Waals surface area (Å²) in [5.41, 5.74) is 5.18. The molecule has 0 atom stereocenters. The molecule has 7 rings (SSSR count). The van der Waals surface area contributed by atoms with Crippen LogP contribution in [0.5, 0.6) is 0 Å². The zero-order valence-corrected chi connectivity index (χ0v) is 26.7. The second-order valence-electron chi connectivity index (χ2n) is 10.6. The van der Waals surface area contributed by atoms with E-state index in [-0.39, 0.29) is 4.90 Å². The van der Waals surface area contributed by atoms with Gasteiger partial charge in [-0.25, -0.2) is 26.3 Å². The van der Waals surface area contributed by atoms with E-state index < -0.39 is 15.8 Å². The average Bonchev–Trinajstić information content (AvgIpc) is 3.78. The summed E-state index contributed by atoms with van der Waals surface area (Å²) in [6.07, 6.45) is 0. The predicted molar refractivity (Wildman–Crippen MR) is 179 cm³/mol. The Labute approximate surface area is 272 Å². The van der Waals surface area contributed by atoms with Gasteiger partial charge in [-0.3, -0.25) is 0 Å². The van der Waals surface area contributed by atoms with Crippen molar-refractivity contribution >= 4 is 48.9 Å². The highest BCUT2D eigenvalue weighted by Crippen LogP contribution is 2.48. The van der Waals surface area contributed by atoms with Gasteiger partial charge >= 0.3 is 0 Å². The maximum Gasteiger partial charge on any atom is 0.268 e. The van der Waals surface area contributed by atoms with Crippen LogP contribution in [0.4, 0.5) is 9.39 Å². The Morgan fingerprint density at radius 1 is 0.913 bits per heavy atom. The SMILES string of the molecule is [C-]#[N+]c1sccc1-c1c(-c2cccc(-c3ccc(-c4nnnn4C)cc3Cl)c2)n(S(=O)(=O)c2ccc(C)cc2)c2ccc(F)cc12. The molecule has 0 N–H and O–H groups in total. The summed E-state index contributed by atoms with van der Waals surface area (Å²) in [6.45, 7) is 9.70. The lowest BCUT2D eigenvalue weighted by molar-refractivity contribution is 0.589. The van der Waals surface area contributed by atoms with Crippen LogP contribution >= 0.6 is 22.9 Å². The van der Waals surface area contributed by atoms with Gasteiger partial charge < -0.3 is 0 Å². The fourth-order valence-corrected chi connectivity index (χ4v) is 8.13. The Balaban J connectivity index is 1.52. The Bertz CT molecular complexity index is 2460. The van der Waals surface area contributed by atoms with Crippen molar-refractivity contribution in [3.05, 3.63) is 124 Å². The third-order valence-corrected chi connectivity index (χ3v) is 10.6. The molecular formula is C34H22ClFN6O2S2. The van der Waals surface area contributed by atoms with Crippen LogP contribution in [0.2, 0.25) is 5.02 Å². The molecule has 0 aliphatic rings. The third-order valence-electron chi connectivity index (χ3n) is 7.76. The summed E-state index contributed by atoms with van der Waals surface area (Å²) in [5, 5.41) is 14.6. The highest BCUT2D eigenvalue weighted by atomic mass is 35.5. The van der Waals surface area contributed by atoms with Gasteiger partial charge in [0.25, 0.3) is 10.0 Å². The quantitative estimate of drug-likeness (QED) is 0.166. The topological polar surface area (TPSA) is 87.0 Å². The van der Waals surface area contributed by atoms with Gasteiger partial charge in [0, 0.05) is 45.3 Å². The van der Waals surface area contributed by atoms with E-state index in [0.717, 1.165) is 16.7 Å². The van der Waals surface area contributed by atoms with Crippen LogP contribution < -0.4 is 0 Å². The number of tetrazole rings is 1. The van der Waals surface area contributed by atoms with Crippen molar-refractivity contribution in [3.8, 4) is 44.9 Å². The van der Waals surface area contributed by atoms with Gasteiger partial charge in [-0.1, -0.05) is 65.7 Å². The maximum atomic E-state index is 14.9. The van der Waals surface area contributed by atoms with Gasteiger partial charge in [-0.15, -0.1) is 5.10 Å². The molecule has 0 saturated carbocycles. The first-order valence-electron chi connectivity index (χ1n) is 13.9. The molecule has 0 amide bonds. The van der Waals surface area contributed by atoms with E-state index in [2.05, 4.69) is 20.4 Å². The van der Waals surface area contributed by atoms with Crippen LogP contribution in [0.3, 0.4) is 0 Å². The number of hydrogen-bond acceptors (Lipinski definition) is 6. The summed E-state index contributed by atoms with van der Waals surface area (Å²) in [5.74, 6) is 0.0276. The summed E-state index contributed by atoms with van der Waals surface area (Å²) >= 11 is 8.05. The van der Waals surface area contributed by atoms with Crippen LogP contribution in [-0.2, 0) is 17.1 Å². The Hall–Kier alpha value is -5.15. The van der Waals surface area contributed by atoms with Gasteiger partial charge in [0.2, 0.25) is 5.00 Å². The monoisotopic (exact) mass is 664 g/mol. The Kier molecular flexibility index (Phi) is 7.28. The van der Waals surface area contributed by atoms with Crippen LogP contribution in [0.25, 0.3) is 60.6 Å². The maximum absolute atomic E-state index is 14.9. The highest BCUT2D eigenvalue weighted by molar-refractivity contribution is 7.90. The lowest BCUT2D eigenvalue weighted by Gasteiger charge is -2.15. The van der Waals surface area contributed by atoms with Crippen LogP contribution in [0.1, 0.15) is 5.56 Å². The fraction of sp³-hybridized carbons (Fsp3) is 0.0588. The molecule has 3 aromatic heterocycles.